The van der Waals surface area contributed by atoms with Crippen molar-refractivity contribution >= 4 is 34.9 Å². The van der Waals surface area contributed by atoms with E-state index in [4.69, 9.17) is 0 Å². The molecule has 0 atom stereocenters. The maximum Gasteiger partial charge on any atom is 0.241 e. The molecule has 0 aliphatic rings. The van der Waals surface area contributed by atoms with Crippen molar-refractivity contribution in [1.29, 1.82) is 0 Å². The van der Waals surface area contributed by atoms with Crippen molar-refractivity contribution in [3.05, 3.63) is 126 Å². The van der Waals surface area contributed by atoms with Crippen molar-refractivity contribution < 1.29 is 13.2 Å². The van der Waals surface area contributed by atoms with E-state index in [1.165, 1.54) is 36.4 Å². The Balaban J connectivity index is 1.99. The lowest BCUT2D eigenvalue weighted by molar-refractivity contribution is 0.627. The summed E-state index contributed by atoms with van der Waals surface area (Å²) in [6.07, 6.45) is 2.07. The van der Waals surface area contributed by atoms with Gasteiger partial charge in [0.25, 0.3) is 0 Å². The zero-order chi connectivity index (χ0) is 23.4. The molecule has 4 rings (SSSR count). The van der Waals surface area contributed by atoms with Crippen LogP contribution in [0.4, 0.5) is 18.9 Å². The highest BCUT2D eigenvalue weighted by atomic mass is 19.1. The van der Waals surface area contributed by atoms with Gasteiger partial charge in [0.2, 0.25) is 6.71 Å². The molecule has 164 valence electrons. The summed E-state index contributed by atoms with van der Waals surface area (Å²) in [6, 6.07) is 26.9. The highest BCUT2D eigenvalue weighted by Gasteiger charge is 2.26. The molecule has 0 unspecified atom stereocenters. The van der Waals surface area contributed by atoms with Crippen LogP contribution in [0, 0.1) is 17.5 Å². The summed E-state index contributed by atoms with van der Waals surface area (Å²) in [5.41, 5.74) is 5.41. The van der Waals surface area contributed by atoms with Gasteiger partial charge in [0.1, 0.15) is 17.5 Å². The van der Waals surface area contributed by atoms with Gasteiger partial charge in [-0.25, -0.2) is 13.2 Å². The Morgan fingerprint density at radius 1 is 0.636 bits per heavy atom. The number of nitrogens with zero attached hydrogens (tertiary/aromatic N) is 1. The van der Waals surface area contributed by atoms with Crippen LogP contribution in [0.25, 0.3) is 11.5 Å². The molecule has 0 amide bonds. The fourth-order valence-corrected chi connectivity index (χ4v) is 4.02. The summed E-state index contributed by atoms with van der Waals surface area (Å²) in [5.74, 6) is -0.990. The van der Waals surface area contributed by atoms with E-state index in [-0.39, 0.29) is 24.2 Å². The van der Waals surface area contributed by atoms with Crippen LogP contribution in [0.5, 0.6) is 0 Å². The lowest BCUT2D eigenvalue weighted by atomic mass is 9.35. The van der Waals surface area contributed by atoms with Gasteiger partial charge in [-0.3, -0.25) is 0 Å². The first-order valence-electron chi connectivity index (χ1n) is 10.7. The molecule has 0 radical (unpaired) electrons. The van der Waals surface area contributed by atoms with Crippen molar-refractivity contribution in [3.63, 3.8) is 0 Å². The van der Waals surface area contributed by atoms with Crippen LogP contribution >= 0.6 is 0 Å². The molecular formula is C28H23BF3N. The van der Waals surface area contributed by atoms with Gasteiger partial charge in [-0.2, -0.15) is 0 Å². The molecule has 0 aliphatic heterocycles. The van der Waals surface area contributed by atoms with Crippen molar-refractivity contribution in [2.45, 2.75) is 0 Å². The maximum atomic E-state index is 13.8. The summed E-state index contributed by atoms with van der Waals surface area (Å²) in [5, 5.41) is 0. The number of hydrogen-bond donors (Lipinski definition) is 0. The Labute approximate surface area is 192 Å². The van der Waals surface area contributed by atoms with Gasteiger partial charge in [-0.1, -0.05) is 77.1 Å². The number of para-hydroxylation sites is 1. The topological polar surface area (TPSA) is 3.24 Å². The normalized spacial score (nSPS) is 11.4. The monoisotopic (exact) mass is 441 g/mol. The minimum absolute atomic E-state index is 0.327. The molecule has 4 aromatic rings. The summed E-state index contributed by atoms with van der Waals surface area (Å²) in [6.45, 7) is -0.327. The first kappa shape index (κ1) is 22.5. The van der Waals surface area contributed by atoms with Crippen LogP contribution in [-0.2, 0) is 0 Å². The smallest absolute Gasteiger partial charge is 0.241 e. The summed E-state index contributed by atoms with van der Waals surface area (Å²) >= 11 is 0. The molecule has 5 heteroatoms. The second kappa shape index (κ2) is 9.82. The highest BCUT2D eigenvalue weighted by Crippen LogP contribution is 2.27. The fraction of sp³-hybridized carbons (Fsp3) is 0.0714. The molecule has 0 aliphatic carbocycles. The van der Waals surface area contributed by atoms with E-state index >= 15 is 0 Å². The standard InChI is InChI=1S/C28H23BF3N/c1-33(2)28-6-4-3-5-21(28)19-27(20-7-13-24(30)14-8-20)29(22-9-15-25(31)16-10-22)23-11-17-26(32)18-12-23/h3-19H,1-2H3/b27-19-. The SMILES string of the molecule is CN(C)c1ccccc1/C=C(\B(c1ccc(F)cc1)c1ccc(F)cc1)c1ccc(F)cc1. The Morgan fingerprint density at radius 3 is 1.58 bits per heavy atom. The van der Waals surface area contributed by atoms with Gasteiger partial charge in [0.05, 0.1) is 0 Å². The molecule has 0 N–H and O–H groups in total. The molecule has 1 nitrogen and oxygen atoms in total. The maximum absolute atomic E-state index is 13.8. The van der Waals surface area contributed by atoms with Gasteiger partial charge in [0.15, 0.2) is 0 Å². The highest BCUT2D eigenvalue weighted by molar-refractivity contribution is 7.00. The van der Waals surface area contributed by atoms with Gasteiger partial charge >= 0.3 is 0 Å². The molecule has 0 fully saturated rings. The Bertz CT molecular complexity index is 1200. The average molecular weight is 441 g/mol. The average Bonchev–Trinajstić information content (AvgIpc) is 2.82. The fourth-order valence-electron chi connectivity index (χ4n) is 4.02. The third-order valence-electron chi connectivity index (χ3n) is 5.62. The van der Waals surface area contributed by atoms with Crippen LogP contribution in [0.2, 0.25) is 0 Å². The van der Waals surface area contributed by atoms with Crippen LogP contribution < -0.4 is 15.8 Å². The van der Waals surface area contributed by atoms with E-state index in [2.05, 4.69) is 6.08 Å². The number of halogens is 3. The molecule has 0 bridgehead atoms. The van der Waals surface area contributed by atoms with Crippen LogP contribution in [0.1, 0.15) is 11.1 Å². The Morgan fingerprint density at radius 2 is 1.09 bits per heavy atom. The third kappa shape index (κ3) is 5.20. The van der Waals surface area contributed by atoms with Gasteiger partial charge in [0, 0.05) is 19.8 Å². The van der Waals surface area contributed by atoms with Crippen LogP contribution in [0.15, 0.2) is 97.1 Å². The molecule has 4 aromatic carbocycles. The number of rotatable bonds is 6. The summed E-state index contributed by atoms with van der Waals surface area (Å²) in [7, 11) is 3.95. The van der Waals surface area contributed by atoms with E-state index in [0.29, 0.717) is 0 Å². The molecule has 0 saturated carbocycles. The van der Waals surface area contributed by atoms with Gasteiger partial charge in [-0.15, -0.1) is 0 Å². The van der Waals surface area contributed by atoms with E-state index in [1.54, 1.807) is 36.4 Å². The lowest BCUT2D eigenvalue weighted by Crippen LogP contribution is -2.43. The minimum Gasteiger partial charge on any atom is -0.377 e. The number of anilines is 1. The van der Waals surface area contributed by atoms with Gasteiger partial charge < -0.3 is 4.90 Å². The van der Waals surface area contributed by atoms with Crippen molar-refractivity contribution in [2.75, 3.05) is 19.0 Å². The second-order valence-electron chi connectivity index (χ2n) is 8.10. The lowest BCUT2D eigenvalue weighted by Gasteiger charge is -2.22. The van der Waals surface area contributed by atoms with E-state index in [1.807, 2.05) is 43.3 Å². The summed E-state index contributed by atoms with van der Waals surface area (Å²) in [4.78, 5) is 2.03. The van der Waals surface area contributed by atoms with Crippen molar-refractivity contribution in [2.24, 2.45) is 0 Å². The Kier molecular flexibility index (Phi) is 6.69. The molecule has 0 spiro atoms. The molecule has 0 aromatic heterocycles. The first-order valence-corrected chi connectivity index (χ1v) is 10.7. The molecular weight excluding hydrogens is 418 g/mol. The Hall–Kier alpha value is -3.73. The summed E-state index contributed by atoms with van der Waals surface area (Å²) < 4.78 is 41.3. The minimum atomic E-state index is -0.332. The number of hydrogen-bond acceptors (Lipinski definition) is 1. The van der Waals surface area contributed by atoms with Gasteiger partial charge in [-0.05, 0) is 53.6 Å². The quantitative estimate of drug-likeness (QED) is 0.280. The molecule has 33 heavy (non-hydrogen) atoms. The predicted octanol–water partition coefficient (Wildman–Crippen LogP) is 5.56. The van der Waals surface area contributed by atoms with Crippen LogP contribution in [0.3, 0.4) is 0 Å². The van der Waals surface area contributed by atoms with E-state index in [9.17, 15) is 13.2 Å². The van der Waals surface area contributed by atoms with Crippen molar-refractivity contribution in [1.82, 2.24) is 0 Å². The predicted molar refractivity (Wildman–Crippen MR) is 133 cm³/mol. The second-order valence-corrected chi connectivity index (χ2v) is 8.10. The zero-order valence-corrected chi connectivity index (χ0v) is 18.5. The molecule has 0 heterocycles. The number of benzene rings is 4. The third-order valence-corrected chi connectivity index (χ3v) is 5.62. The van der Waals surface area contributed by atoms with Crippen molar-refractivity contribution in [3.8, 4) is 0 Å². The molecule has 0 saturated heterocycles. The van der Waals surface area contributed by atoms with E-state index < -0.39 is 0 Å². The largest absolute Gasteiger partial charge is 0.377 e. The first-order chi connectivity index (χ1) is 15.9. The zero-order valence-electron chi connectivity index (χ0n) is 18.5. The van der Waals surface area contributed by atoms with E-state index in [0.717, 1.165) is 33.2 Å². The van der Waals surface area contributed by atoms with Crippen LogP contribution in [-0.4, -0.2) is 20.8 Å².